The minimum Gasteiger partial charge on any atom is -0.454 e. The maximum atomic E-state index is 11.8. The fraction of sp³-hybridized carbons (Fsp3) is 0.500. The lowest BCUT2D eigenvalue weighted by Crippen LogP contribution is -2.38. The van der Waals surface area contributed by atoms with E-state index in [0.717, 1.165) is 12.8 Å². The lowest BCUT2D eigenvalue weighted by Gasteiger charge is -2.22. The van der Waals surface area contributed by atoms with Crippen LogP contribution < -0.4 is 20.2 Å². The standard InChI is InChI=1S/C16H20N4O5/c21-16(9-17-12-4-2-1-3-5-12)19-18-8-11-6-14-15(25-10-24-14)7-13(11)20(22)23/h6-8,12,17H,1-5,9-10H2,(H,19,21)/b18-8-. The third-order valence-corrected chi connectivity index (χ3v) is 4.27. The molecule has 1 aromatic carbocycles. The van der Waals surface area contributed by atoms with Crippen LogP contribution in [0.2, 0.25) is 0 Å². The lowest BCUT2D eigenvalue weighted by molar-refractivity contribution is -0.385. The van der Waals surface area contributed by atoms with Crippen molar-refractivity contribution >= 4 is 17.8 Å². The summed E-state index contributed by atoms with van der Waals surface area (Å²) in [6, 6.07) is 3.13. The smallest absolute Gasteiger partial charge is 0.282 e. The summed E-state index contributed by atoms with van der Waals surface area (Å²) >= 11 is 0. The largest absolute Gasteiger partial charge is 0.454 e. The van der Waals surface area contributed by atoms with Crippen molar-refractivity contribution in [2.75, 3.05) is 13.3 Å². The highest BCUT2D eigenvalue weighted by Gasteiger charge is 2.22. The van der Waals surface area contributed by atoms with E-state index in [1.807, 2.05) is 0 Å². The van der Waals surface area contributed by atoms with E-state index < -0.39 is 4.92 Å². The molecule has 0 saturated heterocycles. The number of benzene rings is 1. The minimum absolute atomic E-state index is 0.0245. The molecule has 1 amide bonds. The van der Waals surface area contributed by atoms with Gasteiger partial charge in [0.25, 0.3) is 11.6 Å². The Kier molecular flexibility index (Phi) is 5.44. The minimum atomic E-state index is -0.532. The molecule has 9 heteroatoms. The van der Waals surface area contributed by atoms with Gasteiger partial charge in [0.05, 0.1) is 29.3 Å². The normalized spacial score (nSPS) is 17.0. The van der Waals surface area contributed by atoms with Gasteiger partial charge in [-0.1, -0.05) is 19.3 Å². The van der Waals surface area contributed by atoms with Gasteiger partial charge in [-0.2, -0.15) is 5.10 Å². The molecular weight excluding hydrogens is 328 g/mol. The maximum Gasteiger partial charge on any atom is 0.282 e. The number of amides is 1. The quantitative estimate of drug-likeness (QED) is 0.459. The van der Waals surface area contributed by atoms with Crippen LogP contribution in [0, 0.1) is 10.1 Å². The van der Waals surface area contributed by atoms with Gasteiger partial charge in [0.2, 0.25) is 6.79 Å². The van der Waals surface area contributed by atoms with Gasteiger partial charge in [-0.15, -0.1) is 0 Å². The molecule has 134 valence electrons. The number of nitrogens with one attached hydrogen (secondary N) is 2. The second kappa shape index (κ2) is 7.93. The molecule has 25 heavy (non-hydrogen) atoms. The number of hydrazone groups is 1. The summed E-state index contributed by atoms with van der Waals surface area (Å²) in [6.07, 6.45) is 7.03. The number of rotatable bonds is 6. The van der Waals surface area contributed by atoms with E-state index >= 15 is 0 Å². The first-order valence-corrected chi connectivity index (χ1v) is 8.27. The van der Waals surface area contributed by atoms with Crippen molar-refractivity contribution < 1.29 is 19.2 Å². The van der Waals surface area contributed by atoms with E-state index in [2.05, 4.69) is 15.8 Å². The molecule has 9 nitrogen and oxygen atoms in total. The van der Waals surface area contributed by atoms with Gasteiger partial charge < -0.3 is 14.8 Å². The number of hydrogen-bond acceptors (Lipinski definition) is 7. The number of nitro groups is 1. The van der Waals surface area contributed by atoms with E-state index in [1.54, 1.807) is 0 Å². The molecule has 1 fully saturated rings. The molecule has 1 heterocycles. The highest BCUT2D eigenvalue weighted by atomic mass is 16.7. The Labute approximate surface area is 144 Å². The van der Waals surface area contributed by atoms with Crippen molar-refractivity contribution in [1.29, 1.82) is 0 Å². The highest BCUT2D eigenvalue weighted by molar-refractivity contribution is 5.88. The first-order chi connectivity index (χ1) is 12.1. The van der Waals surface area contributed by atoms with Crippen LogP contribution in [0.1, 0.15) is 37.7 Å². The monoisotopic (exact) mass is 348 g/mol. The molecule has 3 rings (SSSR count). The number of hydrogen-bond donors (Lipinski definition) is 2. The number of ether oxygens (including phenoxy) is 2. The fourth-order valence-electron chi connectivity index (χ4n) is 2.97. The Morgan fingerprint density at radius 1 is 1.28 bits per heavy atom. The van der Waals surface area contributed by atoms with Crippen LogP contribution in [0.4, 0.5) is 5.69 Å². The Morgan fingerprint density at radius 2 is 2.00 bits per heavy atom. The van der Waals surface area contributed by atoms with E-state index in [0.29, 0.717) is 17.5 Å². The Bertz CT molecular complexity index is 685. The maximum absolute atomic E-state index is 11.8. The zero-order valence-electron chi connectivity index (χ0n) is 13.7. The van der Waals surface area contributed by atoms with Gasteiger partial charge in [0.15, 0.2) is 11.5 Å². The number of nitrogens with zero attached hydrogens (tertiary/aromatic N) is 2. The molecule has 0 atom stereocenters. The van der Waals surface area contributed by atoms with Crippen molar-refractivity contribution in [2.45, 2.75) is 38.1 Å². The molecule has 0 bridgehead atoms. The Hall–Kier alpha value is -2.68. The third-order valence-electron chi connectivity index (χ3n) is 4.27. The van der Waals surface area contributed by atoms with E-state index in [1.165, 1.54) is 37.6 Å². The van der Waals surface area contributed by atoms with Gasteiger partial charge in [-0.3, -0.25) is 14.9 Å². The van der Waals surface area contributed by atoms with Crippen LogP contribution in [-0.4, -0.2) is 36.4 Å². The second-order valence-corrected chi connectivity index (χ2v) is 6.03. The van der Waals surface area contributed by atoms with Crippen LogP contribution >= 0.6 is 0 Å². The van der Waals surface area contributed by atoms with Crippen molar-refractivity contribution in [3.05, 3.63) is 27.8 Å². The lowest BCUT2D eigenvalue weighted by atomic mass is 9.95. The van der Waals surface area contributed by atoms with Crippen LogP contribution in [-0.2, 0) is 4.79 Å². The Morgan fingerprint density at radius 3 is 2.72 bits per heavy atom. The summed E-state index contributed by atoms with van der Waals surface area (Å²) in [6.45, 7) is 0.196. The molecule has 1 aliphatic carbocycles. The summed E-state index contributed by atoms with van der Waals surface area (Å²) in [5, 5.41) is 18.2. The van der Waals surface area contributed by atoms with Gasteiger partial charge in [-0.25, -0.2) is 5.43 Å². The van der Waals surface area contributed by atoms with Crippen molar-refractivity contribution in [3.63, 3.8) is 0 Å². The van der Waals surface area contributed by atoms with Crippen LogP contribution in [0.3, 0.4) is 0 Å². The molecule has 2 N–H and O–H groups in total. The zero-order valence-corrected chi connectivity index (χ0v) is 13.7. The first kappa shape index (κ1) is 17.2. The SMILES string of the molecule is O=C(CNC1CCCCC1)N/N=C\c1cc2c(cc1[N+](=O)[O-])OCO2. The topological polar surface area (TPSA) is 115 Å². The molecule has 0 unspecified atom stereocenters. The fourth-order valence-corrected chi connectivity index (χ4v) is 2.97. The molecule has 2 aliphatic rings. The zero-order chi connectivity index (χ0) is 17.6. The van der Waals surface area contributed by atoms with Crippen LogP contribution in [0.25, 0.3) is 0 Å². The second-order valence-electron chi connectivity index (χ2n) is 6.03. The van der Waals surface area contributed by atoms with Crippen molar-refractivity contribution in [1.82, 2.24) is 10.7 Å². The first-order valence-electron chi connectivity index (χ1n) is 8.27. The molecule has 0 aromatic heterocycles. The summed E-state index contributed by atoms with van der Waals surface area (Å²) < 4.78 is 10.3. The average Bonchev–Trinajstić information content (AvgIpc) is 3.07. The van der Waals surface area contributed by atoms with Gasteiger partial charge in [0.1, 0.15) is 0 Å². The molecule has 0 spiro atoms. The molecule has 1 aromatic rings. The highest BCUT2D eigenvalue weighted by Crippen LogP contribution is 2.37. The number of carbonyl (C=O) groups is 1. The molecule has 1 aliphatic heterocycles. The Balaban J connectivity index is 1.56. The molecular formula is C16H20N4O5. The van der Waals surface area contributed by atoms with Crippen molar-refractivity contribution in [2.24, 2.45) is 5.10 Å². The van der Waals surface area contributed by atoms with Gasteiger partial charge >= 0.3 is 0 Å². The van der Waals surface area contributed by atoms with Crippen molar-refractivity contribution in [3.8, 4) is 11.5 Å². The summed E-state index contributed by atoms with van der Waals surface area (Å²) in [5.41, 5.74) is 2.44. The van der Waals surface area contributed by atoms with Gasteiger partial charge in [-0.05, 0) is 18.9 Å². The van der Waals surface area contributed by atoms with E-state index in [9.17, 15) is 14.9 Å². The number of nitro benzene ring substituents is 1. The average molecular weight is 348 g/mol. The summed E-state index contributed by atoms with van der Waals surface area (Å²) in [7, 11) is 0. The predicted molar refractivity (Wildman–Crippen MR) is 89.8 cm³/mol. The van der Waals surface area contributed by atoms with Crippen LogP contribution in [0.15, 0.2) is 17.2 Å². The summed E-state index contributed by atoms with van der Waals surface area (Å²) in [5.74, 6) is 0.451. The molecule has 1 saturated carbocycles. The number of fused-ring (bicyclic) bond motifs is 1. The summed E-state index contributed by atoms with van der Waals surface area (Å²) in [4.78, 5) is 22.4. The van der Waals surface area contributed by atoms with E-state index in [-0.39, 0.29) is 30.5 Å². The van der Waals surface area contributed by atoms with E-state index in [4.69, 9.17) is 9.47 Å². The van der Waals surface area contributed by atoms with Crippen LogP contribution in [0.5, 0.6) is 11.5 Å². The molecule has 0 radical (unpaired) electrons. The third kappa shape index (κ3) is 4.44. The number of carbonyl (C=O) groups excluding carboxylic acids is 1. The van der Waals surface area contributed by atoms with Gasteiger partial charge in [0, 0.05) is 6.04 Å². The predicted octanol–water partition coefficient (Wildman–Crippen LogP) is 1.70.